The predicted molar refractivity (Wildman–Crippen MR) is 105 cm³/mol. The molecule has 3 rings (SSSR count). The van der Waals surface area contributed by atoms with Crippen molar-refractivity contribution in [1.29, 1.82) is 0 Å². The van der Waals surface area contributed by atoms with E-state index in [1.165, 1.54) is 12.5 Å². The zero-order chi connectivity index (χ0) is 20.6. The second kappa shape index (κ2) is 7.38. The summed E-state index contributed by atoms with van der Waals surface area (Å²) in [6, 6.07) is 7.97. The number of hydrogen-bond donors (Lipinski definition) is 0. The molecule has 8 heteroatoms. The van der Waals surface area contributed by atoms with Crippen LogP contribution < -0.4 is 4.90 Å². The van der Waals surface area contributed by atoms with Crippen LogP contribution in [0.1, 0.15) is 53.2 Å². The van der Waals surface area contributed by atoms with Crippen molar-refractivity contribution in [2.75, 3.05) is 11.4 Å². The van der Waals surface area contributed by atoms with E-state index >= 15 is 0 Å². The monoisotopic (exact) mass is 383 g/mol. The average Bonchev–Trinajstić information content (AvgIpc) is 2.66. The number of nitro groups is 2. The molecule has 0 radical (unpaired) electrons. The summed E-state index contributed by atoms with van der Waals surface area (Å²) >= 11 is 0. The maximum absolute atomic E-state index is 13.2. The molecule has 0 fully saturated rings. The smallest absolute Gasteiger partial charge is 0.279 e. The third-order valence-corrected chi connectivity index (χ3v) is 5.14. The summed E-state index contributed by atoms with van der Waals surface area (Å²) in [5, 5.41) is 22.5. The standard InChI is InChI=1S/C20H21N3O5/c1-12(2)14-6-7-18-15(9-14)5-4-8-21(18)20(24)17-10-16(22(25)26)11-19(13(17)3)23(27)28/h6-7,9-12H,4-5,8H2,1-3H3. The third-order valence-electron chi connectivity index (χ3n) is 5.14. The minimum absolute atomic E-state index is 0.0123. The third kappa shape index (κ3) is 3.45. The van der Waals surface area contributed by atoms with E-state index in [4.69, 9.17) is 0 Å². The van der Waals surface area contributed by atoms with Crippen molar-refractivity contribution in [3.8, 4) is 0 Å². The van der Waals surface area contributed by atoms with Gasteiger partial charge in [-0.25, -0.2) is 0 Å². The number of aryl methyl sites for hydroxylation is 1. The van der Waals surface area contributed by atoms with Gasteiger partial charge < -0.3 is 4.90 Å². The molecule has 0 saturated carbocycles. The maximum Gasteiger partial charge on any atom is 0.279 e. The maximum atomic E-state index is 13.2. The first-order chi connectivity index (χ1) is 13.2. The Morgan fingerprint density at radius 1 is 1.11 bits per heavy atom. The summed E-state index contributed by atoms with van der Waals surface area (Å²) in [5.74, 6) is -0.0967. The van der Waals surface area contributed by atoms with Gasteiger partial charge in [-0.15, -0.1) is 0 Å². The molecule has 0 unspecified atom stereocenters. The SMILES string of the molecule is Cc1c(C(=O)N2CCCc3cc(C(C)C)ccc32)cc([N+](=O)[O-])cc1[N+](=O)[O-]. The molecule has 0 aliphatic carbocycles. The van der Waals surface area contributed by atoms with E-state index < -0.39 is 27.1 Å². The Hall–Kier alpha value is -3.29. The fourth-order valence-electron chi connectivity index (χ4n) is 3.53. The predicted octanol–water partition coefficient (Wildman–Crippen LogP) is 4.53. The largest absolute Gasteiger partial charge is 0.308 e. The Morgan fingerprint density at radius 3 is 2.43 bits per heavy atom. The van der Waals surface area contributed by atoms with Gasteiger partial charge in [0.2, 0.25) is 0 Å². The van der Waals surface area contributed by atoms with E-state index in [1.807, 2.05) is 12.1 Å². The minimum atomic E-state index is -0.720. The molecule has 28 heavy (non-hydrogen) atoms. The van der Waals surface area contributed by atoms with Gasteiger partial charge in [0.05, 0.1) is 21.5 Å². The summed E-state index contributed by atoms with van der Waals surface area (Å²) in [6.07, 6.45) is 1.60. The highest BCUT2D eigenvalue weighted by atomic mass is 16.6. The fourth-order valence-corrected chi connectivity index (χ4v) is 3.53. The van der Waals surface area contributed by atoms with Gasteiger partial charge >= 0.3 is 0 Å². The van der Waals surface area contributed by atoms with Crippen LogP contribution in [0.2, 0.25) is 0 Å². The lowest BCUT2D eigenvalue weighted by atomic mass is 9.94. The van der Waals surface area contributed by atoms with Crippen LogP contribution in [0, 0.1) is 27.2 Å². The normalized spacial score (nSPS) is 13.4. The molecular weight excluding hydrogens is 362 g/mol. The number of nitrogens with zero attached hydrogens (tertiary/aromatic N) is 3. The number of anilines is 1. The summed E-state index contributed by atoms with van der Waals surface area (Å²) in [7, 11) is 0. The molecule has 2 aromatic rings. The first kappa shape index (κ1) is 19.5. The topological polar surface area (TPSA) is 107 Å². The molecular formula is C20H21N3O5. The van der Waals surface area contributed by atoms with Crippen LogP contribution in [0.5, 0.6) is 0 Å². The van der Waals surface area contributed by atoms with Gasteiger partial charge in [-0.2, -0.15) is 0 Å². The Labute approximate surface area is 162 Å². The second-order valence-corrected chi connectivity index (χ2v) is 7.25. The molecule has 8 nitrogen and oxygen atoms in total. The van der Waals surface area contributed by atoms with Crippen LogP contribution >= 0.6 is 0 Å². The Bertz CT molecular complexity index is 984. The highest BCUT2D eigenvalue weighted by Gasteiger charge is 2.30. The molecule has 1 heterocycles. The second-order valence-electron chi connectivity index (χ2n) is 7.25. The molecule has 1 amide bonds. The van der Waals surface area contributed by atoms with Crippen molar-refractivity contribution in [3.63, 3.8) is 0 Å². The van der Waals surface area contributed by atoms with Crippen LogP contribution in [0.25, 0.3) is 0 Å². The number of carbonyl (C=O) groups excluding carboxylic acids is 1. The molecule has 0 spiro atoms. The van der Waals surface area contributed by atoms with E-state index in [0.717, 1.165) is 36.2 Å². The van der Waals surface area contributed by atoms with E-state index in [2.05, 4.69) is 19.9 Å². The quantitative estimate of drug-likeness (QED) is 0.569. The summed E-state index contributed by atoms with van der Waals surface area (Å²) in [5.41, 5.74) is 2.21. The molecule has 146 valence electrons. The number of carbonyl (C=O) groups is 1. The molecule has 0 aromatic heterocycles. The van der Waals surface area contributed by atoms with Gasteiger partial charge in [0.1, 0.15) is 0 Å². The minimum Gasteiger partial charge on any atom is -0.308 e. The number of amides is 1. The first-order valence-electron chi connectivity index (χ1n) is 9.08. The number of benzene rings is 2. The van der Waals surface area contributed by atoms with Gasteiger partial charge in [-0.05, 0) is 42.9 Å². The van der Waals surface area contributed by atoms with Gasteiger partial charge in [0.25, 0.3) is 17.3 Å². The number of non-ortho nitro benzene ring substituents is 1. The van der Waals surface area contributed by atoms with Crippen molar-refractivity contribution in [2.24, 2.45) is 0 Å². The van der Waals surface area contributed by atoms with Crippen molar-refractivity contribution in [1.82, 2.24) is 0 Å². The van der Waals surface area contributed by atoms with Crippen molar-refractivity contribution >= 4 is 23.0 Å². The Morgan fingerprint density at radius 2 is 1.82 bits per heavy atom. The van der Waals surface area contributed by atoms with Crippen LogP contribution in [0.4, 0.5) is 17.1 Å². The molecule has 0 atom stereocenters. The first-order valence-corrected chi connectivity index (χ1v) is 9.08. The van der Waals surface area contributed by atoms with E-state index in [0.29, 0.717) is 12.5 Å². The van der Waals surface area contributed by atoms with Gasteiger partial charge in [-0.3, -0.25) is 25.0 Å². The van der Waals surface area contributed by atoms with E-state index in [9.17, 15) is 25.0 Å². The number of hydrogen-bond acceptors (Lipinski definition) is 5. The molecule has 0 N–H and O–H groups in total. The summed E-state index contributed by atoms with van der Waals surface area (Å²) in [6.45, 7) is 6.10. The highest BCUT2D eigenvalue weighted by molar-refractivity contribution is 6.08. The molecule has 1 aliphatic rings. The van der Waals surface area contributed by atoms with Crippen molar-refractivity contribution in [2.45, 2.75) is 39.5 Å². The van der Waals surface area contributed by atoms with Crippen molar-refractivity contribution in [3.05, 3.63) is 72.8 Å². The Balaban J connectivity index is 2.09. The number of nitro benzene ring substituents is 2. The molecule has 0 bridgehead atoms. The van der Waals surface area contributed by atoms with Gasteiger partial charge in [0.15, 0.2) is 0 Å². The van der Waals surface area contributed by atoms with Crippen LogP contribution in [-0.2, 0) is 6.42 Å². The zero-order valence-electron chi connectivity index (χ0n) is 16.0. The highest BCUT2D eigenvalue weighted by Crippen LogP contribution is 2.34. The summed E-state index contributed by atoms with van der Waals surface area (Å²) < 4.78 is 0. The van der Waals surface area contributed by atoms with Crippen LogP contribution in [0.15, 0.2) is 30.3 Å². The fraction of sp³-hybridized carbons (Fsp3) is 0.350. The number of rotatable bonds is 4. The van der Waals surface area contributed by atoms with Crippen LogP contribution in [-0.4, -0.2) is 22.3 Å². The Kier molecular flexibility index (Phi) is 5.13. The molecule has 1 aliphatic heterocycles. The van der Waals surface area contributed by atoms with Crippen LogP contribution in [0.3, 0.4) is 0 Å². The molecule has 0 saturated heterocycles. The van der Waals surface area contributed by atoms with Crippen molar-refractivity contribution < 1.29 is 14.6 Å². The average molecular weight is 383 g/mol. The lowest BCUT2D eigenvalue weighted by molar-refractivity contribution is -0.394. The summed E-state index contributed by atoms with van der Waals surface area (Å²) in [4.78, 5) is 35.9. The van der Waals surface area contributed by atoms with Gasteiger partial charge in [0, 0.05) is 23.9 Å². The lowest BCUT2D eigenvalue weighted by Gasteiger charge is -2.30. The van der Waals surface area contributed by atoms with E-state index in [-0.39, 0.29) is 11.1 Å². The molecule has 2 aromatic carbocycles. The lowest BCUT2D eigenvalue weighted by Crippen LogP contribution is -2.36. The number of fused-ring (bicyclic) bond motifs is 1. The van der Waals surface area contributed by atoms with E-state index in [1.54, 1.807) is 4.90 Å². The zero-order valence-corrected chi connectivity index (χ0v) is 16.0. The van der Waals surface area contributed by atoms with Gasteiger partial charge in [-0.1, -0.05) is 26.0 Å².